The Morgan fingerprint density at radius 3 is 2.50 bits per heavy atom. The summed E-state index contributed by atoms with van der Waals surface area (Å²) in [5, 5.41) is 2.85. The van der Waals surface area contributed by atoms with E-state index in [1.807, 2.05) is 43.3 Å². The first-order valence-electron chi connectivity index (χ1n) is 6.46. The van der Waals surface area contributed by atoms with Gasteiger partial charge in [0.1, 0.15) is 0 Å². The van der Waals surface area contributed by atoms with Gasteiger partial charge >= 0.3 is 0 Å². The molecule has 0 aliphatic carbocycles. The van der Waals surface area contributed by atoms with Crippen LogP contribution in [0.5, 0.6) is 0 Å². The van der Waals surface area contributed by atoms with Crippen molar-refractivity contribution in [2.75, 3.05) is 11.1 Å². The molecule has 0 aliphatic heterocycles. The minimum absolute atomic E-state index is 0.0293. The van der Waals surface area contributed by atoms with Crippen LogP contribution < -0.4 is 11.1 Å². The molecule has 0 aliphatic rings. The maximum Gasteiger partial charge on any atom is 0.225 e. The van der Waals surface area contributed by atoms with Crippen molar-refractivity contribution < 1.29 is 4.79 Å². The number of benzene rings is 2. The van der Waals surface area contributed by atoms with E-state index in [0.29, 0.717) is 17.8 Å². The second kappa shape index (κ2) is 6.57. The Morgan fingerprint density at radius 2 is 1.85 bits per heavy atom. The summed E-state index contributed by atoms with van der Waals surface area (Å²) < 4.78 is 1.04. The highest BCUT2D eigenvalue weighted by molar-refractivity contribution is 9.10. The fraction of sp³-hybridized carbons (Fsp3) is 0.188. The van der Waals surface area contributed by atoms with E-state index in [1.54, 1.807) is 12.1 Å². The van der Waals surface area contributed by atoms with Gasteiger partial charge in [-0.05, 0) is 35.7 Å². The fourth-order valence-corrected chi connectivity index (χ4v) is 2.26. The SMILES string of the molecule is CC(CC(=O)Nc1ccccc1N)c1ccc(Br)cc1. The number of hydrogen-bond acceptors (Lipinski definition) is 2. The summed E-state index contributed by atoms with van der Waals surface area (Å²) in [5.74, 6) is 0.131. The lowest BCUT2D eigenvalue weighted by molar-refractivity contribution is -0.116. The fourth-order valence-electron chi connectivity index (χ4n) is 2.00. The van der Waals surface area contributed by atoms with Crippen molar-refractivity contribution in [2.45, 2.75) is 19.3 Å². The van der Waals surface area contributed by atoms with Crippen molar-refractivity contribution >= 4 is 33.2 Å². The van der Waals surface area contributed by atoms with Gasteiger partial charge in [0.25, 0.3) is 0 Å². The van der Waals surface area contributed by atoms with E-state index in [0.717, 1.165) is 10.0 Å². The maximum absolute atomic E-state index is 12.0. The topological polar surface area (TPSA) is 55.1 Å². The van der Waals surface area contributed by atoms with Crippen molar-refractivity contribution in [1.29, 1.82) is 0 Å². The lowest BCUT2D eigenvalue weighted by Crippen LogP contribution is -2.15. The normalized spacial score (nSPS) is 11.9. The Hall–Kier alpha value is -1.81. The highest BCUT2D eigenvalue weighted by Crippen LogP contribution is 2.23. The van der Waals surface area contributed by atoms with E-state index in [1.165, 1.54) is 0 Å². The highest BCUT2D eigenvalue weighted by Gasteiger charge is 2.12. The monoisotopic (exact) mass is 332 g/mol. The average Bonchev–Trinajstić information content (AvgIpc) is 2.42. The van der Waals surface area contributed by atoms with E-state index in [4.69, 9.17) is 5.73 Å². The Bertz CT molecular complexity index is 596. The molecule has 0 bridgehead atoms. The van der Waals surface area contributed by atoms with E-state index >= 15 is 0 Å². The summed E-state index contributed by atoms with van der Waals surface area (Å²) in [7, 11) is 0. The number of nitrogen functional groups attached to an aromatic ring is 1. The van der Waals surface area contributed by atoms with Gasteiger partial charge < -0.3 is 11.1 Å². The van der Waals surface area contributed by atoms with Crippen LogP contribution in [0.25, 0.3) is 0 Å². The molecule has 0 saturated carbocycles. The second-order valence-corrected chi connectivity index (χ2v) is 5.71. The van der Waals surface area contributed by atoms with Crippen LogP contribution in [0.2, 0.25) is 0 Å². The molecule has 0 heterocycles. The third kappa shape index (κ3) is 3.84. The van der Waals surface area contributed by atoms with Gasteiger partial charge in [0.2, 0.25) is 5.91 Å². The number of amides is 1. The Kier molecular flexibility index (Phi) is 4.79. The van der Waals surface area contributed by atoms with Crippen LogP contribution in [0, 0.1) is 0 Å². The van der Waals surface area contributed by atoms with E-state index in [9.17, 15) is 4.79 Å². The van der Waals surface area contributed by atoms with E-state index in [-0.39, 0.29) is 11.8 Å². The van der Waals surface area contributed by atoms with E-state index in [2.05, 4.69) is 21.2 Å². The lowest BCUT2D eigenvalue weighted by Gasteiger charge is -2.13. The highest BCUT2D eigenvalue weighted by atomic mass is 79.9. The minimum atomic E-state index is -0.0293. The predicted octanol–water partition coefficient (Wildman–Crippen LogP) is 4.16. The number of nitrogens with two attached hydrogens (primary N) is 1. The first-order chi connectivity index (χ1) is 9.56. The van der Waals surface area contributed by atoms with Gasteiger partial charge in [-0.15, -0.1) is 0 Å². The number of rotatable bonds is 4. The zero-order chi connectivity index (χ0) is 14.5. The standard InChI is InChI=1S/C16H17BrN2O/c1-11(12-6-8-13(17)9-7-12)10-16(20)19-15-5-3-2-4-14(15)18/h2-9,11H,10,18H2,1H3,(H,19,20). The molecule has 1 atom stereocenters. The third-order valence-electron chi connectivity index (χ3n) is 3.17. The minimum Gasteiger partial charge on any atom is -0.397 e. The van der Waals surface area contributed by atoms with Gasteiger partial charge in [-0.2, -0.15) is 0 Å². The molecule has 2 aromatic rings. The number of carbonyl (C=O) groups excluding carboxylic acids is 1. The molecular formula is C16H17BrN2O. The van der Waals surface area contributed by atoms with Gasteiger partial charge in [0, 0.05) is 10.9 Å². The summed E-state index contributed by atoms with van der Waals surface area (Å²) in [6, 6.07) is 15.3. The van der Waals surface area contributed by atoms with Crippen LogP contribution in [-0.4, -0.2) is 5.91 Å². The summed E-state index contributed by atoms with van der Waals surface area (Å²) in [6.07, 6.45) is 0.427. The van der Waals surface area contributed by atoms with Crippen molar-refractivity contribution in [3.05, 3.63) is 58.6 Å². The van der Waals surface area contributed by atoms with Crippen LogP contribution >= 0.6 is 15.9 Å². The largest absolute Gasteiger partial charge is 0.397 e. The van der Waals surface area contributed by atoms with Crippen LogP contribution in [-0.2, 0) is 4.79 Å². The summed E-state index contributed by atoms with van der Waals surface area (Å²) >= 11 is 3.40. The van der Waals surface area contributed by atoms with Gasteiger partial charge in [0.05, 0.1) is 11.4 Å². The molecule has 20 heavy (non-hydrogen) atoms. The van der Waals surface area contributed by atoms with Crippen molar-refractivity contribution in [3.63, 3.8) is 0 Å². The van der Waals surface area contributed by atoms with Crippen molar-refractivity contribution in [3.8, 4) is 0 Å². The summed E-state index contributed by atoms with van der Waals surface area (Å²) in [4.78, 5) is 12.0. The van der Waals surface area contributed by atoms with Gasteiger partial charge in [-0.3, -0.25) is 4.79 Å². The molecule has 0 aromatic heterocycles. The molecule has 2 aromatic carbocycles. The first kappa shape index (κ1) is 14.6. The lowest BCUT2D eigenvalue weighted by atomic mass is 9.97. The first-order valence-corrected chi connectivity index (χ1v) is 7.25. The van der Waals surface area contributed by atoms with Crippen LogP contribution in [0.1, 0.15) is 24.8 Å². The summed E-state index contributed by atoms with van der Waals surface area (Å²) in [6.45, 7) is 2.04. The number of hydrogen-bond donors (Lipinski definition) is 2. The molecule has 104 valence electrons. The van der Waals surface area contributed by atoms with Crippen LogP contribution in [0.3, 0.4) is 0 Å². The smallest absolute Gasteiger partial charge is 0.225 e. The number of nitrogens with one attached hydrogen (secondary N) is 1. The molecule has 0 fully saturated rings. The Labute approximate surface area is 127 Å². The molecule has 3 nitrogen and oxygen atoms in total. The van der Waals surface area contributed by atoms with Crippen molar-refractivity contribution in [2.24, 2.45) is 0 Å². The van der Waals surface area contributed by atoms with Crippen molar-refractivity contribution in [1.82, 2.24) is 0 Å². The molecule has 0 radical (unpaired) electrons. The van der Waals surface area contributed by atoms with Gasteiger partial charge in [0.15, 0.2) is 0 Å². The third-order valence-corrected chi connectivity index (χ3v) is 3.69. The zero-order valence-electron chi connectivity index (χ0n) is 11.3. The number of halogens is 1. The Balaban J connectivity index is 1.98. The molecule has 0 saturated heterocycles. The maximum atomic E-state index is 12.0. The molecule has 1 amide bonds. The molecule has 4 heteroatoms. The van der Waals surface area contributed by atoms with E-state index < -0.39 is 0 Å². The number of anilines is 2. The van der Waals surface area contributed by atoms with Crippen LogP contribution in [0.15, 0.2) is 53.0 Å². The number of carbonyl (C=O) groups is 1. The number of para-hydroxylation sites is 2. The Morgan fingerprint density at radius 1 is 1.20 bits per heavy atom. The second-order valence-electron chi connectivity index (χ2n) is 4.79. The predicted molar refractivity (Wildman–Crippen MR) is 86.7 cm³/mol. The van der Waals surface area contributed by atoms with Gasteiger partial charge in [-0.1, -0.05) is 47.1 Å². The molecule has 2 rings (SSSR count). The van der Waals surface area contributed by atoms with Crippen LogP contribution in [0.4, 0.5) is 11.4 Å². The average molecular weight is 333 g/mol. The molecule has 1 unspecified atom stereocenters. The molecule has 0 spiro atoms. The summed E-state index contributed by atoms with van der Waals surface area (Å²) in [5.41, 5.74) is 8.20. The quantitative estimate of drug-likeness (QED) is 0.826. The molecular weight excluding hydrogens is 316 g/mol. The zero-order valence-corrected chi connectivity index (χ0v) is 12.9. The molecule has 3 N–H and O–H groups in total. The van der Waals surface area contributed by atoms with Gasteiger partial charge in [-0.25, -0.2) is 0 Å².